The van der Waals surface area contributed by atoms with E-state index in [1.165, 1.54) is 23.9 Å². The summed E-state index contributed by atoms with van der Waals surface area (Å²) < 4.78 is 8.34. The van der Waals surface area contributed by atoms with Crippen LogP contribution in [0, 0.1) is 3.57 Å². The zero-order chi connectivity index (χ0) is 21.1. The maximum absolute atomic E-state index is 13.2. The quantitative estimate of drug-likeness (QED) is 0.323. The molecule has 0 radical (unpaired) electrons. The van der Waals surface area contributed by atoms with Crippen molar-refractivity contribution in [1.82, 2.24) is 9.66 Å². The lowest BCUT2D eigenvalue weighted by Crippen LogP contribution is -2.25. The van der Waals surface area contributed by atoms with Gasteiger partial charge in [0.05, 0.1) is 26.8 Å². The van der Waals surface area contributed by atoms with E-state index in [1.807, 2.05) is 56.3 Å². The number of aromatic nitrogens is 2. The van der Waals surface area contributed by atoms with Crippen molar-refractivity contribution in [2.75, 3.05) is 0 Å². The molecule has 5 nitrogen and oxygen atoms in total. The van der Waals surface area contributed by atoms with Crippen molar-refractivity contribution < 1.29 is 4.74 Å². The van der Waals surface area contributed by atoms with E-state index in [1.54, 1.807) is 6.21 Å². The summed E-state index contributed by atoms with van der Waals surface area (Å²) in [5.74, 6) is 1.91. The maximum atomic E-state index is 13.2. The third-order valence-corrected chi connectivity index (χ3v) is 6.23. The summed E-state index contributed by atoms with van der Waals surface area (Å²) in [6.07, 6.45) is 7.57. The molecule has 0 spiro atoms. The lowest BCUT2D eigenvalue weighted by Gasteiger charge is -2.22. The first kappa shape index (κ1) is 21.0. The lowest BCUT2D eigenvalue weighted by molar-refractivity contribution is 0.240. The van der Waals surface area contributed by atoms with Gasteiger partial charge in [-0.3, -0.25) is 4.79 Å². The average Bonchev–Trinajstić information content (AvgIpc) is 2.75. The van der Waals surface area contributed by atoms with Crippen LogP contribution in [-0.4, -0.2) is 22.0 Å². The minimum Gasteiger partial charge on any atom is -0.490 e. The molecule has 30 heavy (non-hydrogen) atoms. The van der Waals surface area contributed by atoms with Gasteiger partial charge in [0.1, 0.15) is 11.6 Å². The normalized spacial score (nSPS) is 15.3. The molecular formula is C24H26IN3O2. The van der Waals surface area contributed by atoms with Crippen LogP contribution in [-0.2, 0) is 0 Å². The highest BCUT2D eigenvalue weighted by Crippen LogP contribution is 2.31. The van der Waals surface area contributed by atoms with Crippen molar-refractivity contribution in [2.45, 2.75) is 58.0 Å². The van der Waals surface area contributed by atoms with E-state index >= 15 is 0 Å². The zero-order valence-corrected chi connectivity index (χ0v) is 19.5. The lowest BCUT2D eigenvalue weighted by atomic mass is 9.88. The second kappa shape index (κ2) is 9.29. The fourth-order valence-electron chi connectivity index (χ4n) is 3.95. The summed E-state index contributed by atoms with van der Waals surface area (Å²) >= 11 is 2.27. The molecule has 6 heteroatoms. The molecule has 156 valence electrons. The molecule has 0 saturated heterocycles. The molecule has 2 aromatic carbocycles. The van der Waals surface area contributed by atoms with E-state index in [0.717, 1.165) is 39.1 Å². The fraction of sp³-hybridized carbons (Fsp3) is 0.375. The number of ether oxygens (including phenoxy) is 1. The SMILES string of the molecule is CC(C)Oc1ccc(C=Nn2c(C3CCCCC3)nc3ccccc3c2=O)cc1I. The van der Waals surface area contributed by atoms with Crippen LogP contribution in [0.3, 0.4) is 0 Å². The number of benzene rings is 2. The Morgan fingerprint density at radius 1 is 1.17 bits per heavy atom. The molecular weight excluding hydrogens is 489 g/mol. The second-order valence-corrected chi connectivity index (χ2v) is 9.20. The summed E-state index contributed by atoms with van der Waals surface area (Å²) in [6.45, 7) is 4.02. The third-order valence-electron chi connectivity index (χ3n) is 5.39. The van der Waals surface area contributed by atoms with Crippen molar-refractivity contribution in [3.63, 3.8) is 0 Å². The van der Waals surface area contributed by atoms with E-state index in [4.69, 9.17) is 9.72 Å². The minimum atomic E-state index is -0.105. The van der Waals surface area contributed by atoms with Crippen molar-refractivity contribution in [3.05, 3.63) is 67.8 Å². The molecule has 1 aliphatic rings. The Hall–Kier alpha value is -2.22. The number of hydrogen-bond acceptors (Lipinski definition) is 4. The van der Waals surface area contributed by atoms with Gasteiger partial charge in [0.15, 0.2) is 0 Å². The Kier molecular flexibility index (Phi) is 6.51. The Morgan fingerprint density at radius 2 is 1.93 bits per heavy atom. The van der Waals surface area contributed by atoms with Crippen LogP contribution in [0.4, 0.5) is 0 Å². The van der Waals surface area contributed by atoms with Crippen LogP contribution in [0.15, 0.2) is 52.4 Å². The van der Waals surface area contributed by atoms with Gasteiger partial charge < -0.3 is 4.74 Å². The minimum absolute atomic E-state index is 0.105. The molecule has 3 aromatic rings. The van der Waals surface area contributed by atoms with E-state index in [0.29, 0.717) is 5.39 Å². The van der Waals surface area contributed by atoms with Crippen LogP contribution in [0.5, 0.6) is 5.75 Å². The van der Waals surface area contributed by atoms with Crippen LogP contribution >= 0.6 is 22.6 Å². The molecule has 0 amide bonds. The topological polar surface area (TPSA) is 56.5 Å². The van der Waals surface area contributed by atoms with E-state index < -0.39 is 0 Å². The highest BCUT2D eigenvalue weighted by Gasteiger charge is 2.22. The van der Waals surface area contributed by atoms with Gasteiger partial charge in [-0.2, -0.15) is 9.78 Å². The average molecular weight is 515 g/mol. The van der Waals surface area contributed by atoms with Crippen LogP contribution in [0.25, 0.3) is 10.9 Å². The molecule has 1 aliphatic carbocycles. The van der Waals surface area contributed by atoms with Crippen LogP contribution in [0.1, 0.15) is 63.3 Å². The Bertz CT molecular complexity index is 1130. The van der Waals surface area contributed by atoms with Crippen LogP contribution in [0.2, 0.25) is 0 Å². The molecule has 0 unspecified atom stereocenters. The molecule has 4 rings (SSSR count). The predicted molar refractivity (Wildman–Crippen MR) is 130 cm³/mol. The molecule has 0 N–H and O–H groups in total. The van der Waals surface area contributed by atoms with E-state index in [2.05, 4.69) is 27.7 Å². The largest absolute Gasteiger partial charge is 0.490 e. The van der Waals surface area contributed by atoms with Gasteiger partial charge in [-0.15, -0.1) is 0 Å². The Labute approximate surface area is 190 Å². The highest BCUT2D eigenvalue weighted by molar-refractivity contribution is 14.1. The van der Waals surface area contributed by atoms with Gasteiger partial charge in [-0.25, -0.2) is 4.98 Å². The molecule has 1 heterocycles. The zero-order valence-electron chi connectivity index (χ0n) is 17.3. The van der Waals surface area contributed by atoms with Crippen molar-refractivity contribution >= 4 is 39.7 Å². The molecule has 0 atom stereocenters. The smallest absolute Gasteiger partial charge is 0.282 e. The number of fused-ring (bicyclic) bond motifs is 1. The van der Waals surface area contributed by atoms with Gasteiger partial charge in [0, 0.05) is 5.92 Å². The first-order valence-electron chi connectivity index (χ1n) is 10.5. The summed E-state index contributed by atoms with van der Waals surface area (Å²) in [4.78, 5) is 18.1. The summed E-state index contributed by atoms with van der Waals surface area (Å²) in [7, 11) is 0. The standard InChI is InChI=1S/C24H26IN3O2/c1-16(2)30-22-13-12-17(14-20(22)25)15-26-28-23(18-8-4-3-5-9-18)27-21-11-7-6-10-19(21)24(28)29/h6-7,10-16,18H,3-5,8-9H2,1-2H3. The fourth-order valence-corrected chi connectivity index (χ4v) is 4.62. The van der Waals surface area contributed by atoms with Crippen molar-refractivity contribution in [3.8, 4) is 5.75 Å². The number of halogens is 1. The third kappa shape index (κ3) is 4.58. The predicted octanol–water partition coefficient (Wildman–Crippen LogP) is 5.72. The first-order chi connectivity index (χ1) is 14.5. The number of hydrogen-bond donors (Lipinski definition) is 0. The summed E-state index contributed by atoms with van der Waals surface area (Å²) in [6, 6.07) is 13.5. The van der Waals surface area contributed by atoms with Gasteiger partial charge in [0.25, 0.3) is 5.56 Å². The van der Waals surface area contributed by atoms with Crippen molar-refractivity contribution in [1.29, 1.82) is 0 Å². The second-order valence-electron chi connectivity index (χ2n) is 8.04. The van der Waals surface area contributed by atoms with Crippen LogP contribution < -0.4 is 10.3 Å². The van der Waals surface area contributed by atoms with Gasteiger partial charge in [-0.05, 0) is 85.2 Å². The Morgan fingerprint density at radius 3 is 2.67 bits per heavy atom. The highest BCUT2D eigenvalue weighted by atomic mass is 127. The molecule has 1 fully saturated rings. The van der Waals surface area contributed by atoms with Gasteiger partial charge in [0.2, 0.25) is 0 Å². The molecule has 1 aromatic heterocycles. The maximum Gasteiger partial charge on any atom is 0.282 e. The number of rotatable bonds is 5. The number of para-hydroxylation sites is 1. The van der Waals surface area contributed by atoms with Gasteiger partial charge in [-0.1, -0.05) is 31.4 Å². The van der Waals surface area contributed by atoms with Crippen molar-refractivity contribution in [2.24, 2.45) is 5.10 Å². The molecule has 0 bridgehead atoms. The molecule has 1 saturated carbocycles. The first-order valence-corrected chi connectivity index (χ1v) is 11.6. The summed E-state index contributed by atoms with van der Waals surface area (Å²) in [5, 5.41) is 5.21. The number of nitrogens with zero attached hydrogens (tertiary/aromatic N) is 3. The van der Waals surface area contributed by atoms with E-state index in [-0.39, 0.29) is 17.6 Å². The monoisotopic (exact) mass is 515 g/mol. The van der Waals surface area contributed by atoms with E-state index in [9.17, 15) is 4.79 Å². The molecule has 0 aliphatic heterocycles. The van der Waals surface area contributed by atoms with Gasteiger partial charge >= 0.3 is 0 Å². The Balaban J connectivity index is 1.74. The summed E-state index contributed by atoms with van der Waals surface area (Å²) in [5.41, 5.74) is 1.57.